The van der Waals surface area contributed by atoms with Gasteiger partial charge in [0.25, 0.3) is 0 Å². The number of sulfonamides is 1. The van der Waals surface area contributed by atoms with Gasteiger partial charge >= 0.3 is 0 Å². The van der Waals surface area contributed by atoms with Crippen molar-refractivity contribution in [2.45, 2.75) is 10.5 Å². The second-order valence-corrected chi connectivity index (χ2v) is 7.75. The molecule has 0 saturated carbocycles. The maximum Gasteiger partial charge on any atom is 0.240 e. The summed E-state index contributed by atoms with van der Waals surface area (Å²) in [6.45, 7) is 0.414. The van der Waals surface area contributed by atoms with Crippen LogP contribution in [0, 0.1) is 0 Å². The standard InChI is InChI=1S/C18H17NO7S/c20-18(13-5-7-23-11-13,17-2-1-6-26-17)12-19-27(21,22)14-3-4-15-16(10-14)25-9-8-24-15/h1-7,10-11,19-20H,8-9,12H2. The van der Waals surface area contributed by atoms with E-state index in [9.17, 15) is 13.5 Å². The predicted molar refractivity (Wildman–Crippen MR) is 93.0 cm³/mol. The Kier molecular flexibility index (Phi) is 4.42. The number of ether oxygens (including phenoxy) is 2. The third-order valence-corrected chi connectivity index (χ3v) is 5.67. The van der Waals surface area contributed by atoms with Gasteiger partial charge in [-0.05, 0) is 30.3 Å². The van der Waals surface area contributed by atoms with Gasteiger partial charge in [-0.3, -0.25) is 0 Å². The quantitative estimate of drug-likeness (QED) is 0.660. The average molecular weight is 391 g/mol. The molecule has 9 heteroatoms. The van der Waals surface area contributed by atoms with Gasteiger partial charge in [0.1, 0.15) is 19.0 Å². The lowest BCUT2D eigenvalue weighted by atomic mass is 9.94. The van der Waals surface area contributed by atoms with Crippen LogP contribution < -0.4 is 14.2 Å². The number of benzene rings is 1. The molecule has 2 aromatic heterocycles. The van der Waals surface area contributed by atoms with Crippen molar-refractivity contribution in [2.75, 3.05) is 19.8 Å². The summed E-state index contributed by atoms with van der Waals surface area (Å²) in [5.74, 6) is 1.04. The molecule has 27 heavy (non-hydrogen) atoms. The monoisotopic (exact) mass is 391 g/mol. The van der Waals surface area contributed by atoms with Gasteiger partial charge in [-0.1, -0.05) is 0 Å². The normalized spacial score (nSPS) is 16.0. The Balaban J connectivity index is 1.61. The lowest BCUT2D eigenvalue weighted by molar-refractivity contribution is 0.0613. The van der Waals surface area contributed by atoms with Crippen molar-refractivity contribution in [3.63, 3.8) is 0 Å². The van der Waals surface area contributed by atoms with Gasteiger partial charge in [-0.15, -0.1) is 0 Å². The molecule has 142 valence electrons. The van der Waals surface area contributed by atoms with Crippen LogP contribution in [0.3, 0.4) is 0 Å². The largest absolute Gasteiger partial charge is 0.486 e. The molecule has 0 aliphatic carbocycles. The van der Waals surface area contributed by atoms with Crippen molar-refractivity contribution >= 4 is 10.0 Å². The molecule has 0 spiro atoms. The summed E-state index contributed by atoms with van der Waals surface area (Å²) in [4.78, 5) is 0.000684. The summed E-state index contributed by atoms with van der Waals surface area (Å²) in [7, 11) is -3.93. The first kappa shape index (κ1) is 17.7. The molecular weight excluding hydrogens is 374 g/mol. The third-order valence-electron chi connectivity index (χ3n) is 4.27. The molecule has 0 fully saturated rings. The van der Waals surface area contributed by atoms with Gasteiger partial charge in [-0.25, -0.2) is 13.1 Å². The number of nitrogens with one attached hydrogen (secondary N) is 1. The maximum absolute atomic E-state index is 12.7. The maximum atomic E-state index is 12.7. The number of hydrogen-bond donors (Lipinski definition) is 2. The first-order chi connectivity index (χ1) is 13.0. The summed E-state index contributed by atoms with van der Waals surface area (Å²) in [6, 6.07) is 9.06. The Morgan fingerprint density at radius 2 is 1.89 bits per heavy atom. The number of rotatable bonds is 6. The van der Waals surface area contributed by atoms with Crippen molar-refractivity contribution in [3.05, 3.63) is 66.5 Å². The predicted octanol–water partition coefficient (Wildman–Crippen LogP) is 1.86. The second kappa shape index (κ2) is 6.76. The van der Waals surface area contributed by atoms with E-state index >= 15 is 0 Å². The fourth-order valence-corrected chi connectivity index (χ4v) is 3.89. The Bertz CT molecular complexity index is 976. The zero-order valence-corrected chi connectivity index (χ0v) is 14.9. The number of hydrogen-bond acceptors (Lipinski definition) is 7. The minimum atomic E-state index is -3.93. The van der Waals surface area contributed by atoms with E-state index in [2.05, 4.69) is 4.72 Å². The Morgan fingerprint density at radius 1 is 1.07 bits per heavy atom. The van der Waals surface area contributed by atoms with E-state index in [1.54, 1.807) is 18.2 Å². The molecule has 8 nitrogen and oxygen atoms in total. The number of fused-ring (bicyclic) bond motifs is 1. The third kappa shape index (κ3) is 3.32. The molecule has 4 rings (SSSR count). The Hall–Kier alpha value is -2.75. The minimum absolute atomic E-state index is 0.000684. The first-order valence-corrected chi connectivity index (χ1v) is 9.66. The molecule has 2 N–H and O–H groups in total. The molecule has 0 saturated heterocycles. The topological polar surface area (TPSA) is 111 Å². The minimum Gasteiger partial charge on any atom is -0.486 e. The smallest absolute Gasteiger partial charge is 0.240 e. The summed E-state index contributed by atoms with van der Waals surface area (Å²) in [5, 5.41) is 11.1. The fourth-order valence-electron chi connectivity index (χ4n) is 2.82. The number of furan rings is 2. The highest BCUT2D eigenvalue weighted by atomic mass is 32.2. The lowest BCUT2D eigenvalue weighted by Crippen LogP contribution is -2.41. The first-order valence-electron chi connectivity index (χ1n) is 8.17. The van der Waals surface area contributed by atoms with Crippen molar-refractivity contribution in [2.24, 2.45) is 0 Å². The fraction of sp³-hybridized carbons (Fsp3) is 0.222. The highest BCUT2D eigenvalue weighted by Gasteiger charge is 2.37. The molecule has 1 aromatic carbocycles. The van der Waals surface area contributed by atoms with Crippen LogP contribution in [0.1, 0.15) is 11.3 Å². The van der Waals surface area contributed by atoms with Gasteiger partial charge in [-0.2, -0.15) is 0 Å². The van der Waals surface area contributed by atoms with Crippen LogP contribution in [0.15, 0.2) is 68.9 Å². The van der Waals surface area contributed by atoms with Crippen molar-refractivity contribution < 1.29 is 31.8 Å². The SMILES string of the molecule is O=S(=O)(NCC(O)(c1ccoc1)c1ccco1)c1ccc2c(c1)OCCO2. The zero-order valence-electron chi connectivity index (χ0n) is 14.1. The van der Waals surface area contributed by atoms with Crippen LogP contribution in [-0.4, -0.2) is 33.3 Å². The van der Waals surface area contributed by atoms with E-state index in [0.717, 1.165) is 0 Å². The molecule has 1 atom stereocenters. The van der Waals surface area contributed by atoms with Crippen LogP contribution in [0.5, 0.6) is 11.5 Å². The van der Waals surface area contributed by atoms with Gasteiger partial charge in [0.2, 0.25) is 10.0 Å². The van der Waals surface area contributed by atoms with Crippen LogP contribution in [0.4, 0.5) is 0 Å². The zero-order chi connectivity index (χ0) is 18.9. The van der Waals surface area contributed by atoms with Crippen molar-refractivity contribution in [3.8, 4) is 11.5 Å². The van der Waals surface area contributed by atoms with Crippen molar-refractivity contribution in [1.82, 2.24) is 4.72 Å². The molecule has 1 aliphatic rings. The summed E-state index contributed by atoms with van der Waals surface area (Å²) in [5.41, 5.74) is -1.36. The highest BCUT2D eigenvalue weighted by Crippen LogP contribution is 2.33. The number of aliphatic hydroxyl groups is 1. The van der Waals surface area contributed by atoms with Crippen LogP contribution in [-0.2, 0) is 15.6 Å². The summed E-state index contributed by atoms with van der Waals surface area (Å²) < 4.78 is 49.0. The summed E-state index contributed by atoms with van der Waals surface area (Å²) >= 11 is 0. The van der Waals surface area contributed by atoms with E-state index < -0.39 is 15.6 Å². The van der Waals surface area contributed by atoms with E-state index in [0.29, 0.717) is 30.3 Å². The highest BCUT2D eigenvalue weighted by molar-refractivity contribution is 7.89. The van der Waals surface area contributed by atoms with Crippen molar-refractivity contribution in [1.29, 1.82) is 0 Å². The van der Waals surface area contributed by atoms with Gasteiger partial charge < -0.3 is 23.4 Å². The molecule has 0 radical (unpaired) electrons. The van der Waals surface area contributed by atoms with Crippen LogP contribution in [0.2, 0.25) is 0 Å². The molecular formula is C18H17NO7S. The summed E-state index contributed by atoms with van der Waals surface area (Å²) in [6.07, 6.45) is 4.12. The average Bonchev–Trinajstić information content (AvgIpc) is 3.40. The molecule has 0 amide bonds. The van der Waals surface area contributed by atoms with E-state index in [1.807, 2.05) is 0 Å². The molecule has 1 unspecified atom stereocenters. The Labute approximate surface area is 155 Å². The van der Waals surface area contributed by atoms with Gasteiger partial charge in [0, 0.05) is 11.6 Å². The van der Waals surface area contributed by atoms with Crippen LogP contribution in [0.25, 0.3) is 0 Å². The molecule has 1 aliphatic heterocycles. The lowest BCUT2D eigenvalue weighted by Gasteiger charge is -2.25. The van der Waals surface area contributed by atoms with E-state index in [-0.39, 0.29) is 17.2 Å². The molecule has 0 bridgehead atoms. The second-order valence-electron chi connectivity index (χ2n) is 5.98. The van der Waals surface area contributed by atoms with Crippen LogP contribution >= 0.6 is 0 Å². The molecule has 3 aromatic rings. The van der Waals surface area contributed by atoms with E-state index in [1.165, 1.54) is 37.0 Å². The van der Waals surface area contributed by atoms with E-state index in [4.69, 9.17) is 18.3 Å². The van der Waals surface area contributed by atoms with Gasteiger partial charge in [0.05, 0.1) is 30.2 Å². The molecule has 3 heterocycles. The van der Waals surface area contributed by atoms with Gasteiger partial charge in [0.15, 0.2) is 17.1 Å². The Morgan fingerprint density at radius 3 is 2.59 bits per heavy atom.